The normalized spacial score (nSPS) is 20.5. The lowest BCUT2D eigenvalue weighted by molar-refractivity contribution is 0.112. The fourth-order valence-electron chi connectivity index (χ4n) is 5.34. The Balaban J connectivity index is 0.00000121. The van der Waals surface area contributed by atoms with Crippen molar-refractivity contribution >= 4 is 17.2 Å². The highest BCUT2D eigenvalue weighted by atomic mass is 16.1. The average Bonchev–Trinajstić information content (AvgIpc) is 3.10. The second kappa shape index (κ2) is 17.0. The van der Waals surface area contributed by atoms with Crippen LogP contribution >= 0.6 is 0 Å². The number of aldehydes is 1. The Morgan fingerprint density at radius 2 is 1.59 bits per heavy atom. The summed E-state index contributed by atoms with van der Waals surface area (Å²) in [5, 5.41) is 1.09. The molecular formula is C30H51NO. The van der Waals surface area contributed by atoms with E-state index in [-0.39, 0.29) is 0 Å². The van der Waals surface area contributed by atoms with E-state index in [9.17, 15) is 4.79 Å². The van der Waals surface area contributed by atoms with Crippen molar-refractivity contribution in [3.8, 4) is 0 Å². The van der Waals surface area contributed by atoms with Gasteiger partial charge in [0, 0.05) is 29.2 Å². The first-order valence-electron chi connectivity index (χ1n) is 13.7. The van der Waals surface area contributed by atoms with Gasteiger partial charge in [0.15, 0.2) is 6.29 Å². The Morgan fingerprint density at radius 3 is 2.31 bits per heavy atom. The SMILES string of the molecule is CC.CC.CCCCCC1CC(C)CCC(CCCCn2cc(C=O)c3ccccc32)C1. The molecule has 0 saturated heterocycles. The minimum absolute atomic E-state index is 0.822. The summed E-state index contributed by atoms with van der Waals surface area (Å²) in [5.74, 6) is 2.82. The second-order valence-corrected chi connectivity index (χ2v) is 9.29. The lowest BCUT2D eigenvalue weighted by atomic mass is 9.86. The van der Waals surface area contributed by atoms with Gasteiger partial charge in [-0.3, -0.25) is 4.79 Å². The molecule has 1 aliphatic rings. The zero-order valence-electron chi connectivity index (χ0n) is 22.0. The molecule has 1 fully saturated rings. The molecule has 182 valence electrons. The summed E-state index contributed by atoms with van der Waals surface area (Å²) < 4.78 is 2.28. The van der Waals surface area contributed by atoms with Crippen molar-refractivity contribution in [3.05, 3.63) is 36.0 Å². The summed E-state index contributed by atoms with van der Waals surface area (Å²) in [6, 6.07) is 8.28. The predicted octanol–water partition coefficient (Wildman–Crippen LogP) is 9.70. The van der Waals surface area contributed by atoms with Crippen LogP contribution in [0.3, 0.4) is 0 Å². The number of hydrogen-bond acceptors (Lipinski definition) is 1. The maximum absolute atomic E-state index is 11.3. The summed E-state index contributed by atoms with van der Waals surface area (Å²) in [4.78, 5) is 11.3. The standard InChI is InChI=1S/C26H39NO.2C2H6/c1-3-4-5-11-23-17-21(2)14-15-22(18-23)10-8-9-16-27-19-24(20-28)25-12-6-7-13-26(25)27;2*1-2/h6-7,12-13,19-23H,3-5,8-11,14-18H2,1-2H3;2*1-2H3. The van der Waals surface area contributed by atoms with E-state index in [1.165, 1.54) is 76.1 Å². The highest BCUT2D eigenvalue weighted by molar-refractivity contribution is 5.97. The van der Waals surface area contributed by atoms with E-state index in [1.807, 2.05) is 40.0 Å². The fourth-order valence-corrected chi connectivity index (χ4v) is 5.34. The van der Waals surface area contributed by atoms with E-state index in [2.05, 4.69) is 36.6 Å². The van der Waals surface area contributed by atoms with Crippen LogP contribution in [0.5, 0.6) is 0 Å². The summed E-state index contributed by atoms with van der Waals surface area (Å²) in [7, 11) is 0. The van der Waals surface area contributed by atoms with Crippen molar-refractivity contribution in [1.29, 1.82) is 0 Å². The Bertz CT molecular complexity index is 732. The third-order valence-corrected chi connectivity index (χ3v) is 6.89. The van der Waals surface area contributed by atoms with Gasteiger partial charge in [0.2, 0.25) is 0 Å². The molecule has 2 aromatic rings. The molecule has 1 aliphatic carbocycles. The van der Waals surface area contributed by atoms with Crippen LogP contribution in [0.1, 0.15) is 123 Å². The first kappa shape index (κ1) is 28.5. The molecule has 1 aromatic carbocycles. The van der Waals surface area contributed by atoms with Crippen LogP contribution in [0.2, 0.25) is 0 Å². The maximum Gasteiger partial charge on any atom is 0.152 e. The number of unbranched alkanes of at least 4 members (excludes halogenated alkanes) is 3. The van der Waals surface area contributed by atoms with Crippen molar-refractivity contribution in [3.63, 3.8) is 0 Å². The molecule has 2 nitrogen and oxygen atoms in total. The van der Waals surface area contributed by atoms with Crippen LogP contribution in [0.15, 0.2) is 30.5 Å². The minimum atomic E-state index is 0.822. The van der Waals surface area contributed by atoms with Crippen LogP contribution in [0.25, 0.3) is 10.9 Å². The molecule has 3 unspecified atom stereocenters. The van der Waals surface area contributed by atoms with Crippen LogP contribution in [-0.2, 0) is 6.54 Å². The molecule has 3 atom stereocenters. The number of benzene rings is 1. The number of aromatic nitrogens is 1. The highest BCUT2D eigenvalue weighted by Gasteiger charge is 2.23. The third-order valence-electron chi connectivity index (χ3n) is 6.89. The Morgan fingerprint density at radius 1 is 0.906 bits per heavy atom. The topological polar surface area (TPSA) is 22.0 Å². The number of fused-ring (bicyclic) bond motifs is 1. The molecule has 0 spiro atoms. The van der Waals surface area contributed by atoms with Gasteiger partial charge in [-0.15, -0.1) is 0 Å². The average molecular weight is 442 g/mol. The van der Waals surface area contributed by atoms with Crippen molar-refractivity contribution in [2.45, 2.75) is 119 Å². The van der Waals surface area contributed by atoms with Gasteiger partial charge in [-0.2, -0.15) is 0 Å². The summed E-state index contributed by atoms with van der Waals surface area (Å²) >= 11 is 0. The van der Waals surface area contributed by atoms with Gasteiger partial charge in [-0.1, -0.05) is 111 Å². The zero-order valence-corrected chi connectivity index (χ0v) is 22.0. The van der Waals surface area contributed by atoms with Crippen LogP contribution in [0, 0.1) is 17.8 Å². The van der Waals surface area contributed by atoms with E-state index < -0.39 is 0 Å². The lowest BCUT2D eigenvalue weighted by Crippen LogP contribution is -2.08. The monoisotopic (exact) mass is 441 g/mol. The van der Waals surface area contributed by atoms with E-state index in [0.29, 0.717) is 0 Å². The molecule has 3 rings (SSSR count). The van der Waals surface area contributed by atoms with E-state index in [1.54, 1.807) is 0 Å². The quantitative estimate of drug-likeness (QED) is 0.204. The Hall–Kier alpha value is -1.57. The van der Waals surface area contributed by atoms with Gasteiger partial charge in [-0.05, 0) is 43.1 Å². The molecule has 2 heteroatoms. The van der Waals surface area contributed by atoms with Crippen LogP contribution in [-0.4, -0.2) is 10.9 Å². The van der Waals surface area contributed by atoms with Crippen molar-refractivity contribution < 1.29 is 4.79 Å². The van der Waals surface area contributed by atoms with Crippen LogP contribution < -0.4 is 0 Å². The molecular weight excluding hydrogens is 390 g/mol. The molecule has 0 radical (unpaired) electrons. The second-order valence-electron chi connectivity index (χ2n) is 9.29. The summed E-state index contributed by atoms with van der Waals surface area (Å²) in [5.41, 5.74) is 2.02. The van der Waals surface area contributed by atoms with Crippen molar-refractivity contribution in [1.82, 2.24) is 4.57 Å². The molecule has 0 amide bonds. The van der Waals surface area contributed by atoms with Crippen molar-refractivity contribution in [2.75, 3.05) is 0 Å². The fraction of sp³-hybridized carbons (Fsp3) is 0.700. The largest absolute Gasteiger partial charge is 0.347 e. The van der Waals surface area contributed by atoms with Gasteiger partial charge in [-0.25, -0.2) is 0 Å². The molecule has 0 bridgehead atoms. The number of hydrogen-bond donors (Lipinski definition) is 0. The number of aryl methyl sites for hydroxylation is 1. The van der Waals surface area contributed by atoms with Gasteiger partial charge in [0.1, 0.15) is 0 Å². The van der Waals surface area contributed by atoms with E-state index in [0.717, 1.165) is 41.5 Å². The molecule has 1 saturated carbocycles. The lowest BCUT2D eigenvalue weighted by Gasteiger charge is -2.20. The molecule has 32 heavy (non-hydrogen) atoms. The maximum atomic E-state index is 11.3. The Kier molecular flexibility index (Phi) is 15.1. The van der Waals surface area contributed by atoms with Gasteiger partial charge >= 0.3 is 0 Å². The highest BCUT2D eigenvalue weighted by Crippen LogP contribution is 2.36. The number of carbonyl (C=O) groups is 1. The third kappa shape index (κ3) is 9.12. The summed E-state index contributed by atoms with van der Waals surface area (Å²) in [6.45, 7) is 13.8. The summed E-state index contributed by atoms with van der Waals surface area (Å²) in [6.07, 6.45) is 18.4. The number of nitrogens with zero attached hydrogens (tertiary/aromatic N) is 1. The van der Waals surface area contributed by atoms with Gasteiger partial charge < -0.3 is 4.57 Å². The number of rotatable bonds is 10. The Labute approximate surface area is 199 Å². The minimum Gasteiger partial charge on any atom is -0.347 e. The number of para-hydroxylation sites is 1. The first-order chi connectivity index (χ1) is 15.7. The molecule has 0 N–H and O–H groups in total. The van der Waals surface area contributed by atoms with Crippen LogP contribution in [0.4, 0.5) is 0 Å². The predicted molar refractivity (Wildman–Crippen MR) is 143 cm³/mol. The smallest absolute Gasteiger partial charge is 0.152 e. The molecule has 1 aromatic heterocycles. The van der Waals surface area contributed by atoms with E-state index in [4.69, 9.17) is 0 Å². The molecule has 1 heterocycles. The van der Waals surface area contributed by atoms with E-state index >= 15 is 0 Å². The zero-order chi connectivity index (χ0) is 23.8. The first-order valence-corrected chi connectivity index (χ1v) is 13.7. The molecule has 0 aliphatic heterocycles. The number of carbonyl (C=O) groups excluding carboxylic acids is 1. The van der Waals surface area contributed by atoms with Crippen molar-refractivity contribution in [2.24, 2.45) is 17.8 Å². The van der Waals surface area contributed by atoms with Gasteiger partial charge in [0.25, 0.3) is 0 Å². The van der Waals surface area contributed by atoms with Gasteiger partial charge in [0.05, 0.1) is 0 Å².